The van der Waals surface area contributed by atoms with Crippen LogP contribution in [0, 0.1) is 0 Å². The highest BCUT2D eigenvalue weighted by molar-refractivity contribution is 5.63. The summed E-state index contributed by atoms with van der Waals surface area (Å²) in [5.74, 6) is 1.29. The average Bonchev–Trinajstić information content (AvgIpc) is 2.48. The van der Waals surface area contributed by atoms with E-state index in [1.165, 1.54) is 16.8 Å². The Labute approximate surface area is 80.2 Å². The van der Waals surface area contributed by atoms with E-state index < -0.39 is 0 Å². The van der Waals surface area contributed by atoms with Crippen LogP contribution in [0.5, 0.6) is 0 Å². The van der Waals surface area contributed by atoms with Gasteiger partial charge in [-0.05, 0) is 17.0 Å². The van der Waals surface area contributed by atoms with Crippen LogP contribution in [0.15, 0.2) is 18.2 Å². The molecule has 0 saturated heterocycles. The molecule has 0 saturated carbocycles. The van der Waals surface area contributed by atoms with Crippen molar-refractivity contribution in [3.63, 3.8) is 0 Å². The topological polar surface area (TPSA) is 12.0 Å². The Hall–Kier alpha value is -0.980. The van der Waals surface area contributed by atoms with Gasteiger partial charge in [0.25, 0.3) is 0 Å². The third-order valence-corrected chi connectivity index (χ3v) is 2.87. The summed E-state index contributed by atoms with van der Waals surface area (Å²) in [4.78, 5) is 0. The molecule has 0 radical (unpaired) electrons. The Morgan fingerprint density at radius 3 is 2.85 bits per heavy atom. The normalized spacial score (nSPS) is 20.2. The fourth-order valence-corrected chi connectivity index (χ4v) is 2.05. The van der Waals surface area contributed by atoms with Gasteiger partial charge in [-0.1, -0.05) is 39.0 Å². The molecule has 1 aliphatic heterocycles. The molecule has 0 amide bonds. The van der Waals surface area contributed by atoms with Gasteiger partial charge in [-0.25, -0.2) is 0 Å². The minimum absolute atomic E-state index is 0.618. The molecule has 13 heavy (non-hydrogen) atoms. The van der Waals surface area contributed by atoms with Crippen LogP contribution in [0.25, 0.3) is 0 Å². The van der Waals surface area contributed by atoms with E-state index in [4.69, 9.17) is 0 Å². The quantitative estimate of drug-likeness (QED) is 0.690. The van der Waals surface area contributed by atoms with E-state index in [0.29, 0.717) is 11.8 Å². The van der Waals surface area contributed by atoms with Crippen LogP contribution in [0.1, 0.15) is 43.7 Å². The second kappa shape index (κ2) is 3.06. The molecule has 0 bridgehead atoms. The van der Waals surface area contributed by atoms with Crippen LogP contribution in [0.4, 0.5) is 5.69 Å². The molecule has 1 nitrogen and oxygen atoms in total. The first kappa shape index (κ1) is 8.61. The van der Waals surface area contributed by atoms with E-state index in [2.05, 4.69) is 44.3 Å². The van der Waals surface area contributed by atoms with Crippen molar-refractivity contribution in [1.29, 1.82) is 0 Å². The van der Waals surface area contributed by atoms with Crippen LogP contribution >= 0.6 is 0 Å². The fraction of sp³-hybridized carbons (Fsp3) is 0.500. The van der Waals surface area contributed by atoms with E-state index in [1.54, 1.807) is 0 Å². The van der Waals surface area contributed by atoms with Gasteiger partial charge < -0.3 is 5.32 Å². The van der Waals surface area contributed by atoms with Crippen LogP contribution in [-0.2, 0) is 0 Å². The number of fused-ring (bicyclic) bond motifs is 1. The van der Waals surface area contributed by atoms with Crippen molar-refractivity contribution in [3.8, 4) is 0 Å². The average molecular weight is 175 g/mol. The Morgan fingerprint density at radius 2 is 2.15 bits per heavy atom. The fourth-order valence-electron chi connectivity index (χ4n) is 2.05. The van der Waals surface area contributed by atoms with Crippen LogP contribution in [0.2, 0.25) is 0 Å². The molecule has 0 spiro atoms. The highest BCUT2D eigenvalue weighted by Crippen LogP contribution is 2.36. The van der Waals surface area contributed by atoms with Crippen LogP contribution in [0.3, 0.4) is 0 Å². The predicted octanol–water partition coefficient (Wildman–Crippen LogP) is 3.34. The van der Waals surface area contributed by atoms with Gasteiger partial charge in [-0.2, -0.15) is 0 Å². The number of anilines is 1. The molecular formula is C12H17N. The lowest BCUT2D eigenvalue weighted by Gasteiger charge is -2.11. The number of hydrogen-bond acceptors (Lipinski definition) is 1. The first-order valence-corrected chi connectivity index (χ1v) is 5.07. The summed E-state index contributed by atoms with van der Waals surface area (Å²) >= 11 is 0. The molecule has 2 rings (SSSR count). The third-order valence-electron chi connectivity index (χ3n) is 2.87. The van der Waals surface area contributed by atoms with E-state index in [9.17, 15) is 0 Å². The van der Waals surface area contributed by atoms with Gasteiger partial charge in [0.05, 0.1) is 0 Å². The largest absolute Gasteiger partial charge is 0.384 e. The number of hydrogen-bond donors (Lipinski definition) is 1. The number of nitrogens with one attached hydrogen (secondary N) is 1. The van der Waals surface area contributed by atoms with Gasteiger partial charge >= 0.3 is 0 Å². The van der Waals surface area contributed by atoms with Gasteiger partial charge in [-0.3, -0.25) is 0 Å². The van der Waals surface area contributed by atoms with Gasteiger partial charge in [0.2, 0.25) is 0 Å². The monoisotopic (exact) mass is 175 g/mol. The lowest BCUT2D eigenvalue weighted by molar-refractivity contribution is 0.852. The molecule has 70 valence electrons. The molecular weight excluding hydrogens is 158 g/mol. The first-order chi connectivity index (χ1) is 6.20. The van der Waals surface area contributed by atoms with Crippen LogP contribution < -0.4 is 5.32 Å². The Morgan fingerprint density at radius 1 is 1.38 bits per heavy atom. The second-order valence-corrected chi connectivity index (χ2v) is 4.25. The van der Waals surface area contributed by atoms with Gasteiger partial charge in [0, 0.05) is 18.2 Å². The standard InChI is InChI=1S/C12H17N/c1-8(2)10-5-4-6-11-9(3)7-13-12(10)11/h4-6,8-9,13H,7H2,1-3H3. The molecule has 1 aliphatic rings. The molecule has 1 aromatic rings. The zero-order chi connectivity index (χ0) is 9.42. The van der Waals surface area contributed by atoms with E-state index in [0.717, 1.165) is 6.54 Å². The lowest BCUT2D eigenvalue weighted by Crippen LogP contribution is -1.98. The molecule has 1 aromatic carbocycles. The molecule has 1 atom stereocenters. The lowest BCUT2D eigenvalue weighted by atomic mass is 9.95. The van der Waals surface area contributed by atoms with Crippen molar-refractivity contribution >= 4 is 5.69 Å². The van der Waals surface area contributed by atoms with Crippen molar-refractivity contribution in [3.05, 3.63) is 29.3 Å². The molecule has 0 aliphatic carbocycles. The smallest absolute Gasteiger partial charge is 0.0411 e. The summed E-state index contributed by atoms with van der Waals surface area (Å²) in [5.41, 5.74) is 4.35. The van der Waals surface area contributed by atoms with Crippen molar-refractivity contribution in [2.75, 3.05) is 11.9 Å². The minimum atomic E-state index is 0.618. The molecule has 1 heteroatoms. The summed E-state index contributed by atoms with van der Waals surface area (Å²) in [5, 5.41) is 3.50. The molecule has 0 fully saturated rings. The predicted molar refractivity (Wildman–Crippen MR) is 57.4 cm³/mol. The molecule has 1 unspecified atom stereocenters. The van der Waals surface area contributed by atoms with E-state index >= 15 is 0 Å². The first-order valence-electron chi connectivity index (χ1n) is 5.07. The Balaban J connectivity index is 2.51. The minimum Gasteiger partial charge on any atom is -0.384 e. The number of benzene rings is 1. The molecule has 0 aromatic heterocycles. The maximum Gasteiger partial charge on any atom is 0.0411 e. The van der Waals surface area contributed by atoms with Crippen molar-refractivity contribution in [2.24, 2.45) is 0 Å². The summed E-state index contributed by atoms with van der Waals surface area (Å²) in [6.45, 7) is 7.88. The zero-order valence-corrected chi connectivity index (χ0v) is 8.59. The van der Waals surface area contributed by atoms with Crippen molar-refractivity contribution in [1.82, 2.24) is 0 Å². The van der Waals surface area contributed by atoms with Gasteiger partial charge in [0.1, 0.15) is 0 Å². The summed E-state index contributed by atoms with van der Waals surface area (Å²) < 4.78 is 0. The zero-order valence-electron chi connectivity index (χ0n) is 8.59. The number of para-hydroxylation sites is 1. The SMILES string of the molecule is CC(C)c1cccc2c1NCC2C. The molecule has 1 N–H and O–H groups in total. The molecule has 1 heterocycles. The van der Waals surface area contributed by atoms with Crippen LogP contribution in [-0.4, -0.2) is 6.54 Å². The summed E-state index contributed by atoms with van der Waals surface area (Å²) in [6, 6.07) is 6.65. The van der Waals surface area contributed by atoms with E-state index in [-0.39, 0.29) is 0 Å². The highest BCUT2D eigenvalue weighted by atomic mass is 14.9. The second-order valence-electron chi connectivity index (χ2n) is 4.25. The van der Waals surface area contributed by atoms with Crippen molar-refractivity contribution < 1.29 is 0 Å². The van der Waals surface area contributed by atoms with Crippen molar-refractivity contribution in [2.45, 2.75) is 32.6 Å². The van der Waals surface area contributed by atoms with E-state index in [1.807, 2.05) is 0 Å². The summed E-state index contributed by atoms with van der Waals surface area (Å²) in [6.07, 6.45) is 0. The Kier molecular flexibility index (Phi) is 2.03. The highest BCUT2D eigenvalue weighted by Gasteiger charge is 2.20. The van der Waals surface area contributed by atoms with Gasteiger partial charge in [0.15, 0.2) is 0 Å². The Bertz CT molecular complexity index is 315. The maximum absolute atomic E-state index is 3.50. The third kappa shape index (κ3) is 1.32. The number of rotatable bonds is 1. The van der Waals surface area contributed by atoms with Gasteiger partial charge in [-0.15, -0.1) is 0 Å². The summed E-state index contributed by atoms with van der Waals surface area (Å²) in [7, 11) is 0. The maximum atomic E-state index is 3.50.